The van der Waals surface area contributed by atoms with E-state index >= 15 is 0 Å². The van der Waals surface area contributed by atoms with Crippen LogP contribution >= 0.6 is 11.3 Å². The van der Waals surface area contributed by atoms with Crippen molar-refractivity contribution in [3.8, 4) is 17.3 Å². The summed E-state index contributed by atoms with van der Waals surface area (Å²) in [5.74, 6) is 1.49. The van der Waals surface area contributed by atoms with Crippen LogP contribution in [0, 0.1) is 32.1 Å². The van der Waals surface area contributed by atoms with Gasteiger partial charge in [0.15, 0.2) is 0 Å². The van der Waals surface area contributed by atoms with Crippen LogP contribution in [0.2, 0.25) is 0 Å². The lowest BCUT2D eigenvalue weighted by Crippen LogP contribution is -1.85. The topological polar surface area (TPSA) is 49.8 Å². The second-order valence-corrected chi connectivity index (χ2v) is 6.31. The summed E-state index contributed by atoms with van der Waals surface area (Å²) in [5, 5.41) is 12.1. The minimum atomic E-state index is 0.513. The van der Waals surface area contributed by atoms with Gasteiger partial charge in [-0.1, -0.05) is 12.1 Å². The lowest BCUT2D eigenvalue weighted by molar-refractivity contribution is 0.525. The third kappa shape index (κ3) is 3.25. The predicted molar refractivity (Wildman–Crippen MR) is 94.0 cm³/mol. The molecule has 23 heavy (non-hydrogen) atoms. The fourth-order valence-corrected chi connectivity index (χ4v) is 3.04. The third-order valence-corrected chi connectivity index (χ3v) is 4.58. The monoisotopic (exact) mass is 320 g/mol. The highest BCUT2D eigenvalue weighted by Crippen LogP contribution is 2.28. The van der Waals surface area contributed by atoms with Gasteiger partial charge >= 0.3 is 0 Å². The van der Waals surface area contributed by atoms with E-state index in [-0.39, 0.29) is 0 Å². The van der Waals surface area contributed by atoms with Crippen molar-refractivity contribution in [2.45, 2.75) is 20.8 Å². The number of furan rings is 1. The number of hydrogen-bond acceptors (Lipinski definition) is 4. The van der Waals surface area contributed by atoms with Crippen LogP contribution in [0.4, 0.5) is 0 Å². The molecular formula is C19H16N2OS. The first-order chi connectivity index (χ1) is 11.1. The number of thiazole rings is 1. The summed E-state index contributed by atoms with van der Waals surface area (Å²) in [6.45, 7) is 6.06. The molecule has 3 nitrogen and oxygen atoms in total. The van der Waals surface area contributed by atoms with E-state index in [0.717, 1.165) is 17.0 Å². The Balaban J connectivity index is 1.95. The highest BCUT2D eigenvalue weighted by Gasteiger charge is 2.10. The Labute approximate surface area is 139 Å². The summed E-state index contributed by atoms with van der Waals surface area (Å²) in [6, 6.07) is 12.2. The maximum atomic E-state index is 9.41. The zero-order chi connectivity index (χ0) is 16.4. The number of rotatable bonds is 3. The highest BCUT2D eigenvalue weighted by atomic mass is 32.1. The van der Waals surface area contributed by atoms with Gasteiger partial charge < -0.3 is 4.42 Å². The van der Waals surface area contributed by atoms with Gasteiger partial charge in [0.1, 0.15) is 22.6 Å². The second kappa shape index (κ2) is 6.23. The standard InChI is InChI=1S/C19H16N2OS/c1-12-4-6-15(8-13(12)2)18-11-23-19(21-18)16(10-20)9-17-7-5-14(3)22-17/h4-9,11H,1-3H3/b16-9+. The van der Waals surface area contributed by atoms with Crippen LogP contribution in [0.5, 0.6) is 0 Å². The smallest absolute Gasteiger partial charge is 0.134 e. The normalized spacial score (nSPS) is 11.5. The van der Waals surface area contributed by atoms with Crippen molar-refractivity contribution >= 4 is 23.0 Å². The van der Waals surface area contributed by atoms with E-state index in [1.807, 2.05) is 24.4 Å². The summed E-state index contributed by atoms with van der Waals surface area (Å²) < 4.78 is 5.51. The Morgan fingerprint density at radius 3 is 2.65 bits per heavy atom. The van der Waals surface area contributed by atoms with Gasteiger partial charge in [0.2, 0.25) is 0 Å². The van der Waals surface area contributed by atoms with Crippen LogP contribution in [-0.2, 0) is 0 Å². The van der Waals surface area contributed by atoms with Crippen LogP contribution in [0.1, 0.15) is 27.7 Å². The number of nitriles is 1. The van der Waals surface area contributed by atoms with Crippen molar-refractivity contribution < 1.29 is 4.42 Å². The molecule has 0 aliphatic heterocycles. The highest BCUT2D eigenvalue weighted by molar-refractivity contribution is 7.11. The minimum absolute atomic E-state index is 0.513. The van der Waals surface area contributed by atoms with Gasteiger partial charge in [-0.2, -0.15) is 5.26 Å². The van der Waals surface area contributed by atoms with Crippen molar-refractivity contribution in [2.75, 3.05) is 0 Å². The van der Waals surface area contributed by atoms with Crippen LogP contribution in [0.3, 0.4) is 0 Å². The molecule has 3 rings (SSSR count). The molecule has 1 aromatic carbocycles. The average Bonchev–Trinajstić information content (AvgIpc) is 3.17. The molecule has 3 aromatic rings. The van der Waals surface area contributed by atoms with Crippen molar-refractivity contribution in [3.05, 3.63) is 63.4 Å². The Hall–Kier alpha value is -2.64. The van der Waals surface area contributed by atoms with E-state index in [2.05, 4.69) is 43.1 Å². The van der Waals surface area contributed by atoms with Gasteiger partial charge in [-0.05, 0) is 50.1 Å². The molecule has 0 fully saturated rings. The van der Waals surface area contributed by atoms with Crippen LogP contribution in [0.25, 0.3) is 22.9 Å². The molecular weight excluding hydrogens is 304 g/mol. The summed E-state index contributed by atoms with van der Waals surface area (Å²) in [4.78, 5) is 4.61. The molecule has 114 valence electrons. The van der Waals surface area contributed by atoms with Gasteiger partial charge in [-0.15, -0.1) is 11.3 Å². The zero-order valence-corrected chi connectivity index (χ0v) is 14.1. The summed E-state index contributed by atoms with van der Waals surface area (Å²) in [7, 11) is 0. The molecule has 0 unspecified atom stereocenters. The van der Waals surface area contributed by atoms with Crippen LogP contribution in [0.15, 0.2) is 40.1 Å². The number of allylic oxidation sites excluding steroid dienone is 1. The Morgan fingerprint density at radius 1 is 1.17 bits per heavy atom. The summed E-state index contributed by atoms with van der Waals surface area (Å²) in [5.41, 5.74) is 4.97. The van der Waals surface area contributed by atoms with E-state index in [1.165, 1.54) is 22.5 Å². The van der Waals surface area contributed by atoms with Gasteiger partial charge in [0, 0.05) is 17.0 Å². The fourth-order valence-electron chi connectivity index (χ4n) is 2.25. The first-order valence-corrected chi connectivity index (χ1v) is 8.16. The molecule has 4 heteroatoms. The molecule has 0 aliphatic rings. The molecule has 0 atom stereocenters. The largest absolute Gasteiger partial charge is 0.462 e. The number of nitrogens with zero attached hydrogens (tertiary/aromatic N) is 2. The molecule has 0 spiro atoms. The minimum Gasteiger partial charge on any atom is -0.462 e. The zero-order valence-electron chi connectivity index (χ0n) is 13.3. The van der Waals surface area contributed by atoms with Crippen molar-refractivity contribution in [2.24, 2.45) is 0 Å². The van der Waals surface area contributed by atoms with Crippen molar-refractivity contribution in [1.29, 1.82) is 5.26 Å². The summed E-state index contributed by atoms with van der Waals surface area (Å²) in [6.07, 6.45) is 1.73. The molecule has 0 aliphatic carbocycles. The van der Waals surface area contributed by atoms with E-state index in [4.69, 9.17) is 4.42 Å². The lowest BCUT2D eigenvalue weighted by Gasteiger charge is -2.02. The van der Waals surface area contributed by atoms with E-state index in [1.54, 1.807) is 6.08 Å². The first-order valence-electron chi connectivity index (χ1n) is 7.28. The maximum Gasteiger partial charge on any atom is 0.134 e. The molecule has 2 aromatic heterocycles. The number of aromatic nitrogens is 1. The van der Waals surface area contributed by atoms with Gasteiger partial charge in [-0.3, -0.25) is 0 Å². The second-order valence-electron chi connectivity index (χ2n) is 5.46. The van der Waals surface area contributed by atoms with E-state index in [9.17, 15) is 5.26 Å². The molecule has 0 saturated heterocycles. The van der Waals surface area contributed by atoms with Crippen LogP contribution < -0.4 is 0 Å². The number of hydrogen-bond donors (Lipinski definition) is 0. The fraction of sp³-hybridized carbons (Fsp3) is 0.158. The molecule has 0 saturated carbocycles. The van der Waals surface area contributed by atoms with Crippen LogP contribution in [-0.4, -0.2) is 4.98 Å². The van der Waals surface area contributed by atoms with Gasteiger partial charge in [0.05, 0.1) is 11.3 Å². The number of aryl methyl sites for hydroxylation is 3. The van der Waals surface area contributed by atoms with Crippen molar-refractivity contribution in [3.63, 3.8) is 0 Å². The van der Waals surface area contributed by atoms with Gasteiger partial charge in [0.25, 0.3) is 0 Å². The predicted octanol–water partition coefficient (Wildman–Crippen LogP) is 5.39. The lowest BCUT2D eigenvalue weighted by atomic mass is 10.1. The quantitative estimate of drug-likeness (QED) is 0.608. The van der Waals surface area contributed by atoms with Crippen molar-refractivity contribution in [1.82, 2.24) is 4.98 Å². The Morgan fingerprint density at radius 2 is 2.00 bits per heavy atom. The molecule has 0 radical (unpaired) electrons. The summed E-state index contributed by atoms with van der Waals surface area (Å²) >= 11 is 1.47. The number of benzene rings is 1. The SMILES string of the molecule is Cc1ccc(/C=C(\C#N)c2nc(-c3ccc(C)c(C)c3)cs2)o1. The van der Waals surface area contributed by atoms with E-state index < -0.39 is 0 Å². The first kappa shape index (κ1) is 15.3. The maximum absolute atomic E-state index is 9.41. The van der Waals surface area contributed by atoms with Gasteiger partial charge in [-0.25, -0.2) is 4.98 Å². The average molecular weight is 320 g/mol. The molecule has 0 amide bonds. The Bertz CT molecular complexity index is 925. The molecule has 0 bridgehead atoms. The molecule has 2 heterocycles. The Kier molecular flexibility index (Phi) is 4.14. The molecule has 0 N–H and O–H groups in total. The van der Waals surface area contributed by atoms with E-state index in [0.29, 0.717) is 16.3 Å². The third-order valence-electron chi connectivity index (χ3n) is 3.71.